The van der Waals surface area contributed by atoms with Crippen LogP contribution in [0.2, 0.25) is 5.15 Å². The summed E-state index contributed by atoms with van der Waals surface area (Å²) >= 11 is 6.91. The molecule has 2 aromatic rings. The van der Waals surface area contributed by atoms with Gasteiger partial charge in [0.05, 0.1) is 4.70 Å². The molecular formula is C8H4ClF2NS. The second-order valence-corrected chi connectivity index (χ2v) is 3.69. The van der Waals surface area contributed by atoms with Crippen molar-refractivity contribution < 1.29 is 8.78 Å². The summed E-state index contributed by atoms with van der Waals surface area (Å²) in [5, 5.41) is 0.895. The average molecular weight is 220 g/mol. The van der Waals surface area contributed by atoms with Gasteiger partial charge in [0.15, 0.2) is 5.15 Å². The largest absolute Gasteiger partial charge is 0.263 e. The zero-order chi connectivity index (χ0) is 9.42. The highest BCUT2D eigenvalue weighted by Crippen LogP contribution is 2.30. The number of fused-ring (bicyclic) bond motifs is 1. The molecule has 0 aliphatic heterocycles. The van der Waals surface area contributed by atoms with Crippen LogP contribution in [0.1, 0.15) is 12.0 Å². The molecule has 0 atom stereocenters. The van der Waals surface area contributed by atoms with Gasteiger partial charge in [-0.3, -0.25) is 0 Å². The Balaban J connectivity index is 2.66. The zero-order valence-electron chi connectivity index (χ0n) is 6.30. The molecule has 0 unspecified atom stereocenters. The first kappa shape index (κ1) is 8.84. The minimum absolute atomic E-state index is 0.0189. The third-order valence-electron chi connectivity index (χ3n) is 1.70. The lowest BCUT2D eigenvalue weighted by molar-refractivity contribution is 0.151. The summed E-state index contributed by atoms with van der Waals surface area (Å²) in [7, 11) is 0. The topological polar surface area (TPSA) is 12.9 Å². The molecular weight excluding hydrogens is 216 g/mol. The molecule has 0 fully saturated rings. The van der Waals surface area contributed by atoms with Gasteiger partial charge in [-0.05, 0) is 23.7 Å². The molecule has 2 rings (SSSR count). The Bertz CT molecular complexity index is 441. The minimum Gasteiger partial charge on any atom is -0.205 e. The van der Waals surface area contributed by atoms with Gasteiger partial charge in [-0.1, -0.05) is 17.7 Å². The molecule has 1 aromatic carbocycles. The quantitative estimate of drug-likeness (QED) is 0.709. The van der Waals surface area contributed by atoms with E-state index >= 15 is 0 Å². The summed E-state index contributed by atoms with van der Waals surface area (Å²) in [6.07, 6.45) is -2.46. The Morgan fingerprint density at radius 2 is 2.15 bits per heavy atom. The summed E-state index contributed by atoms with van der Waals surface area (Å²) in [5.74, 6) is 0. The van der Waals surface area contributed by atoms with Crippen LogP contribution in [0, 0.1) is 0 Å². The standard InChI is InChI=1S/C8H4ClF2NS/c9-7-5-3-4(8(10)11)1-2-6(5)13-12-7/h1-3,8H. The van der Waals surface area contributed by atoms with Crippen LogP contribution in [0.5, 0.6) is 0 Å². The van der Waals surface area contributed by atoms with Gasteiger partial charge in [-0.2, -0.15) is 4.37 Å². The SMILES string of the molecule is FC(F)c1ccc2snc(Cl)c2c1. The summed E-state index contributed by atoms with van der Waals surface area (Å²) in [4.78, 5) is 0. The van der Waals surface area contributed by atoms with Crippen molar-refractivity contribution in [3.63, 3.8) is 0 Å². The second kappa shape index (κ2) is 3.20. The van der Waals surface area contributed by atoms with Crippen LogP contribution in [0.25, 0.3) is 10.1 Å². The number of aromatic nitrogens is 1. The van der Waals surface area contributed by atoms with E-state index in [9.17, 15) is 8.78 Å². The van der Waals surface area contributed by atoms with E-state index in [0.717, 1.165) is 4.70 Å². The maximum Gasteiger partial charge on any atom is 0.263 e. The van der Waals surface area contributed by atoms with E-state index in [1.165, 1.54) is 23.7 Å². The van der Waals surface area contributed by atoms with E-state index in [1.807, 2.05) is 0 Å². The predicted octanol–water partition coefficient (Wildman–Crippen LogP) is 3.89. The van der Waals surface area contributed by atoms with E-state index < -0.39 is 6.43 Å². The van der Waals surface area contributed by atoms with Crippen LogP contribution < -0.4 is 0 Å². The van der Waals surface area contributed by atoms with Gasteiger partial charge in [-0.25, -0.2) is 8.78 Å². The molecule has 13 heavy (non-hydrogen) atoms. The van der Waals surface area contributed by atoms with Crippen LogP contribution in [0.15, 0.2) is 18.2 Å². The van der Waals surface area contributed by atoms with Gasteiger partial charge in [0, 0.05) is 10.9 Å². The van der Waals surface area contributed by atoms with Crippen molar-refractivity contribution >= 4 is 33.2 Å². The van der Waals surface area contributed by atoms with Crippen molar-refractivity contribution in [1.29, 1.82) is 0 Å². The lowest BCUT2D eigenvalue weighted by atomic mass is 10.2. The summed E-state index contributed by atoms with van der Waals surface area (Å²) in [6, 6.07) is 4.38. The molecule has 5 heteroatoms. The van der Waals surface area contributed by atoms with Gasteiger partial charge in [0.25, 0.3) is 6.43 Å². The highest BCUT2D eigenvalue weighted by Gasteiger charge is 2.10. The van der Waals surface area contributed by atoms with Crippen molar-refractivity contribution in [2.45, 2.75) is 6.43 Å². The molecule has 1 aromatic heterocycles. The first-order chi connectivity index (χ1) is 6.18. The number of alkyl halides is 2. The maximum absolute atomic E-state index is 12.3. The van der Waals surface area contributed by atoms with Gasteiger partial charge in [-0.15, -0.1) is 0 Å². The molecule has 1 heterocycles. The van der Waals surface area contributed by atoms with Crippen molar-refractivity contribution in [1.82, 2.24) is 4.37 Å². The number of hydrogen-bond donors (Lipinski definition) is 0. The third-order valence-corrected chi connectivity index (χ3v) is 2.92. The van der Waals surface area contributed by atoms with Crippen LogP contribution in [-0.2, 0) is 0 Å². The van der Waals surface area contributed by atoms with Gasteiger partial charge in [0.2, 0.25) is 0 Å². The molecule has 0 radical (unpaired) electrons. The molecule has 0 spiro atoms. The molecule has 68 valence electrons. The van der Waals surface area contributed by atoms with E-state index in [2.05, 4.69) is 4.37 Å². The van der Waals surface area contributed by atoms with Gasteiger partial charge in [0.1, 0.15) is 0 Å². The number of hydrogen-bond acceptors (Lipinski definition) is 2. The fraction of sp³-hybridized carbons (Fsp3) is 0.125. The number of rotatable bonds is 1. The predicted molar refractivity (Wildman–Crippen MR) is 49.6 cm³/mol. The van der Waals surface area contributed by atoms with Gasteiger partial charge >= 0.3 is 0 Å². The van der Waals surface area contributed by atoms with E-state index in [1.54, 1.807) is 6.07 Å². The normalized spacial score (nSPS) is 11.4. The maximum atomic E-state index is 12.3. The Kier molecular flexibility index (Phi) is 2.17. The highest BCUT2D eigenvalue weighted by atomic mass is 35.5. The van der Waals surface area contributed by atoms with E-state index in [0.29, 0.717) is 10.5 Å². The number of nitrogens with zero attached hydrogens (tertiary/aromatic N) is 1. The van der Waals surface area contributed by atoms with Crippen LogP contribution in [-0.4, -0.2) is 4.37 Å². The van der Waals surface area contributed by atoms with Crippen LogP contribution >= 0.6 is 23.1 Å². The fourth-order valence-corrected chi connectivity index (χ4v) is 2.04. The smallest absolute Gasteiger partial charge is 0.205 e. The van der Waals surface area contributed by atoms with Crippen molar-refractivity contribution in [3.8, 4) is 0 Å². The molecule has 0 saturated heterocycles. The van der Waals surface area contributed by atoms with Crippen molar-refractivity contribution in [3.05, 3.63) is 28.9 Å². The van der Waals surface area contributed by atoms with Crippen molar-refractivity contribution in [2.24, 2.45) is 0 Å². The Morgan fingerprint density at radius 3 is 2.85 bits per heavy atom. The Labute approximate surface area is 82.1 Å². The third kappa shape index (κ3) is 1.51. The molecule has 0 amide bonds. The number of halogens is 3. The molecule has 0 saturated carbocycles. The fourth-order valence-electron chi connectivity index (χ4n) is 1.06. The van der Waals surface area contributed by atoms with E-state index in [-0.39, 0.29) is 5.56 Å². The monoisotopic (exact) mass is 219 g/mol. The minimum atomic E-state index is -2.46. The zero-order valence-corrected chi connectivity index (χ0v) is 7.87. The second-order valence-electron chi connectivity index (χ2n) is 2.53. The summed E-state index contributed by atoms with van der Waals surface area (Å²) < 4.78 is 29.2. The molecule has 1 nitrogen and oxygen atoms in total. The molecule has 0 aliphatic carbocycles. The Morgan fingerprint density at radius 1 is 1.38 bits per heavy atom. The van der Waals surface area contributed by atoms with Crippen LogP contribution in [0.3, 0.4) is 0 Å². The molecule has 0 N–H and O–H groups in total. The molecule has 0 bridgehead atoms. The van der Waals surface area contributed by atoms with Crippen LogP contribution in [0.4, 0.5) is 8.78 Å². The first-order valence-electron chi connectivity index (χ1n) is 3.51. The molecule has 0 aliphatic rings. The van der Waals surface area contributed by atoms with Gasteiger partial charge < -0.3 is 0 Å². The number of benzene rings is 1. The lowest BCUT2D eigenvalue weighted by Gasteiger charge is -1.97. The summed E-state index contributed by atoms with van der Waals surface area (Å²) in [6.45, 7) is 0. The van der Waals surface area contributed by atoms with E-state index in [4.69, 9.17) is 11.6 Å². The Hall–Kier alpha value is -0.740. The van der Waals surface area contributed by atoms with Crippen molar-refractivity contribution in [2.75, 3.05) is 0 Å². The first-order valence-corrected chi connectivity index (χ1v) is 4.66. The lowest BCUT2D eigenvalue weighted by Crippen LogP contribution is -1.81. The highest BCUT2D eigenvalue weighted by molar-refractivity contribution is 7.13. The summed E-state index contributed by atoms with van der Waals surface area (Å²) in [5.41, 5.74) is -0.0189. The average Bonchev–Trinajstić information content (AvgIpc) is 2.47.